The number of hydrogen-bond donors (Lipinski definition) is 4. The van der Waals surface area contributed by atoms with Gasteiger partial charge in [-0.3, -0.25) is 18.7 Å². The zero-order valence-electron chi connectivity index (χ0n) is 49.3. The maximum Gasteiger partial charge on any atom is 0.695 e. The molecule has 2 saturated heterocycles. The van der Waals surface area contributed by atoms with Crippen LogP contribution in [0.3, 0.4) is 0 Å². The van der Waals surface area contributed by atoms with Gasteiger partial charge >= 0.3 is 16.3 Å². The monoisotopic (exact) mass is 1190 g/mol. The second-order valence-corrected chi connectivity index (χ2v) is 34.9. The van der Waals surface area contributed by atoms with Crippen LogP contribution in [0.4, 0.5) is 11.6 Å². The van der Waals surface area contributed by atoms with Gasteiger partial charge in [0.2, 0.25) is 16.6 Å². The lowest BCUT2D eigenvalue weighted by Gasteiger charge is -2.45. The molecule has 442 valence electrons. The summed E-state index contributed by atoms with van der Waals surface area (Å²) in [6, 6.07) is 17.8. The summed E-state index contributed by atoms with van der Waals surface area (Å²) in [4.78, 5) is 62.1. The fourth-order valence-electron chi connectivity index (χ4n) is 12.4. The number of fused-ring (bicyclic) bond motifs is 2. The number of aromatic nitrogens is 8. The molecule has 2 aliphatic heterocycles. The van der Waals surface area contributed by atoms with Gasteiger partial charge in [-0.2, -0.15) is 0 Å². The predicted octanol–water partition coefficient (Wildman–Crippen LogP) is 13.1. The Kier molecular flexibility index (Phi) is 22.4. The Hall–Kier alpha value is -5.21. The number of imidazole rings is 2. The van der Waals surface area contributed by atoms with Crippen molar-refractivity contribution >= 4 is 78.7 Å². The highest BCUT2D eigenvalue weighted by molar-refractivity contribution is 7.38. The summed E-state index contributed by atoms with van der Waals surface area (Å²) in [5.74, 6) is -0.0379. The molecule has 2 unspecified atom stereocenters. The first-order valence-electron chi connectivity index (χ1n) is 27.7. The Balaban J connectivity index is 0.000000293. The molecule has 4 aromatic heterocycles. The molecule has 0 spiro atoms. The summed E-state index contributed by atoms with van der Waals surface area (Å²) < 4.78 is 67.0. The molecule has 22 nitrogen and oxygen atoms in total. The Morgan fingerprint density at radius 1 is 0.580 bits per heavy atom. The Morgan fingerprint density at radius 3 is 1.23 bits per heavy atom. The van der Waals surface area contributed by atoms with Crippen LogP contribution in [0.2, 0.25) is 33.2 Å². The molecule has 26 heteroatoms. The number of carbonyl (C=O) groups is 2. The maximum atomic E-state index is 12.9. The van der Waals surface area contributed by atoms with Gasteiger partial charge < -0.3 is 35.1 Å². The lowest BCUT2D eigenvalue weighted by Crippen LogP contribution is -2.53. The fourth-order valence-corrected chi connectivity index (χ4v) is 24.5. The van der Waals surface area contributed by atoms with Crippen LogP contribution in [0.1, 0.15) is 144 Å². The predicted molar refractivity (Wildman–Crippen MR) is 320 cm³/mol. The van der Waals surface area contributed by atoms with Crippen molar-refractivity contribution in [2.45, 2.75) is 192 Å². The Bertz CT molecular complexity index is 2840. The standard InChI is InChI=1S/C28H40N5O5PSi.C27H38N5O6PSi.H3N.H2/c1-9-21-23(37-39(8)35)24(38-40(17(2)3,18(4)5)19(6)7)28(36-21)33-16-31-22-25(29-15-30-26(22)33)32-27(34)20-13-11-10-12-14-20;1-8-20-22(37-39(34)35)23(38-40(16(2)3,17(4)5)18(6)7)27(36-20)32-15-30-21-24(28-14-29-25(21)32)31-26(33)19-12-10-9-11-13-19;;/h10-19,21,23-24,28H,9H2,1-8H3;9-18,20,22-23,27H,8H2,1-7H3,(H-,28,29,31,33,34,35);1H3;1H/p+2/t21-,23+,24-,28-;20-,22+,23-,27-;;/m11../s1. The molecule has 6 heterocycles. The van der Waals surface area contributed by atoms with Crippen molar-refractivity contribution in [3.8, 4) is 0 Å². The van der Waals surface area contributed by atoms with Gasteiger partial charge in [0.1, 0.15) is 24.9 Å². The lowest BCUT2D eigenvalue weighted by molar-refractivity contribution is -0.0331. The van der Waals surface area contributed by atoms with Gasteiger partial charge in [0, 0.05) is 17.1 Å². The maximum absolute atomic E-state index is 12.9. The van der Waals surface area contributed by atoms with Crippen molar-refractivity contribution in [3.63, 3.8) is 0 Å². The number of hydrogen-bond acceptors (Lipinski definition) is 17. The Morgan fingerprint density at radius 2 is 0.926 bits per heavy atom. The van der Waals surface area contributed by atoms with Crippen molar-refractivity contribution in [2.24, 2.45) is 0 Å². The van der Waals surface area contributed by atoms with E-state index in [9.17, 15) is 23.6 Å². The number of rotatable bonds is 22. The smallest absolute Gasteiger partial charge is 0.406 e. The summed E-state index contributed by atoms with van der Waals surface area (Å²) in [6.07, 6.45) is 2.49. The van der Waals surface area contributed by atoms with E-state index in [0.29, 0.717) is 68.7 Å². The first-order chi connectivity index (χ1) is 38.0. The number of nitrogens with one attached hydrogen (secondary N) is 2. The molecule has 0 radical (unpaired) electrons. The van der Waals surface area contributed by atoms with E-state index in [0.717, 1.165) is 0 Å². The van der Waals surface area contributed by atoms with Crippen molar-refractivity contribution in [2.75, 3.05) is 17.3 Å². The van der Waals surface area contributed by atoms with Crippen LogP contribution in [0.5, 0.6) is 0 Å². The second-order valence-electron chi connectivity index (χ2n) is 22.3. The molecule has 0 saturated carbocycles. The largest absolute Gasteiger partial charge is 0.695 e. The van der Waals surface area contributed by atoms with E-state index >= 15 is 0 Å². The van der Waals surface area contributed by atoms with E-state index in [4.69, 9.17) is 27.4 Å². The number of amides is 2. The molecule has 6 aromatic rings. The average molecular weight is 1190 g/mol. The lowest BCUT2D eigenvalue weighted by atomic mass is 10.1. The SMILES string of the molecule is CC[C@H]1O[C@@H](n2cnc3c(NC(=O)c4ccccc4)ncnc32)[C@H](O[Si](C(C)C)(C(C)C)C(C)C)[C@H]1O[P+](=O)O.CC[C@H]1O[C@@H](n2cnc3c(NC(=O)c4ccccc4)ncnc32)[C@H](O[Si](C(C)C)(C(C)C)C(C)C)[C@H]1O[P+](C)=O.N.[HH]. The van der Waals surface area contributed by atoms with Crippen LogP contribution in [0.15, 0.2) is 86.0 Å². The van der Waals surface area contributed by atoms with Gasteiger partial charge in [0.25, 0.3) is 11.8 Å². The van der Waals surface area contributed by atoms with Gasteiger partial charge in [0.05, 0.1) is 24.9 Å². The zero-order valence-corrected chi connectivity index (χ0v) is 53.1. The van der Waals surface area contributed by atoms with Crippen molar-refractivity contribution in [3.05, 3.63) is 97.1 Å². The molecule has 6 N–H and O–H groups in total. The minimum Gasteiger partial charge on any atom is -0.406 e. The van der Waals surface area contributed by atoms with Gasteiger partial charge in [-0.05, 0) is 74.9 Å². The molecule has 81 heavy (non-hydrogen) atoms. The van der Waals surface area contributed by atoms with E-state index in [1.807, 2.05) is 30.5 Å². The highest BCUT2D eigenvalue weighted by Gasteiger charge is 2.58. The molecule has 2 aromatic carbocycles. The van der Waals surface area contributed by atoms with Gasteiger partial charge in [0.15, 0.2) is 65.3 Å². The quantitative estimate of drug-likeness (QED) is 0.0363. The molecule has 2 aliphatic rings. The summed E-state index contributed by atoms with van der Waals surface area (Å²) in [5.41, 5.74) is 4.53. The molecule has 0 aliphatic carbocycles. The third-order valence-electron chi connectivity index (χ3n) is 15.8. The zero-order chi connectivity index (χ0) is 58.4. The fraction of sp³-hybridized carbons (Fsp3) is 0.564. The first kappa shape index (κ1) is 65.0. The van der Waals surface area contributed by atoms with Gasteiger partial charge in [-0.15, -0.1) is 13.9 Å². The van der Waals surface area contributed by atoms with Crippen LogP contribution in [0, 0.1) is 0 Å². The summed E-state index contributed by atoms with van der Waals surface area (Å²) in [7, 11) is -9.68. The van der Waals surface area contributed by atoms with Gasteiger partial charge in [-0.25, -0.2) is 29.9 Å². The number of carbonyl (C=O) groups excluding carboxylic acids is 2. The minimum atomic E-state index is -2.90. The minimum absolute atomic E-state index is 0. The number of anilines is 2. The average Bonchev–Trinajstić information content (AvgIpc) is 4.21. The summed E-state index contributed by atoms with van der Waals surface area (Å²) in [6.45, 7) is 32.0. The molecule has 2 fully saturated rings. The van der Waals surface area contributed by atoms with E-state index in [2.05, 4.69) is 124 Å². The topological polar surface area (TPSA) is 290 Å². The van der Waals surface area contributed by atoms with E-state index in [1.54, 1.807) is 72.4 Å². The molecular formula is C55H85N11O11P2Si2+2. The van der Waals surface area contributed by atoms with Crippen LogP contribution in [-0.4, -0.2) is 116 Å². The highest BCUT2D eigenvalue weighted by atomic mass is 31.1. The van der Waals surface area contributed by atoms with Crippen molar-refractivity contribution < 1.29 is 52.4 Å². The molecular weight excluding hydrogens is 1110 g/mol. The second kappa shape index (κ2) is 27.9. The number of ether oxygens (including phenoxy) is 2. The van der Waals surface area contributed by atoms with E-state index in [1.165, 1.54) is 12.7 Å². The molecule has 2 amide bonds. The third kappa shape index (κ3) is 13.6. The normalized spacial score (nSPS) is 21.8. The Labute approximate surface area is 480 Å². The molecule has 10 atom stereocenters. The van der Waals surface area contributed by atoms with Crippen LogP contribution in [0.25, 0.3) is 22.3 Å². The number of nitrogens with zero attached hydrogens (tertiary/aromatic N) is 8. The third-order valence-corrected chi connectivity index (χ3v) is 28.9. The molecule has 8 rings (SSSR count). The van der Waals surface area contributed by atoms with Crippen LogP contribution >= 0.6 is 16.3 Å². The van der Waals surface area contributed by atoms with Crippen molar-refractivity contribution in [1.29, 1.82) is 0 Å². The van der Waals surface area contributed by atoms with Crippen molar-refractivity contribution in [1.82, 2.24) is 45.2 Å². The highest BCUT2D eigenvalue weighted by Crippen LogP contribution is 2.50. The summed E-state index contributed by atoms with van der Waals surface area (Å²) >= 11 is 0. The molecule has 0 bridgehead atoms. The van der Waals surface area contributed by atoms with Gasteiger partial charge in [-0.1, -0.05) is 133 Å². The van der Waals surface area contributed by atoms with Crippen LogP contribution < -0.4 is 16.8 Å². The van der Waals surface area contributed by atoms with E-state index in [-0.39, 0.29) is 47.9 Å². The van der Waals surface area contributed by atoms with E-state index < -0.39 is 75.9 Å². The number of benzene rings is 2. The first-order valence-corrected chi connectivity index (χ1v) is 34.7. The van der Waals surface area contributed by atoms with Crippen LogP contribution in [-0.2, 0) is 36.5 Å². The summed E-state index contributed by atoms with van der Waals surface area (Å²) in [5, 5.41) is 5.69.